The maximum absolute atomic E-state index is 13.3. The van der Waals surface area contributed by atoms with Crippen LogP contribution >= 0.6 is 0 Å². The van der Waals surface area contributed by atoms with E-state index in [1.807, 2.05) is 55.5 Å². The zero-order valence-electron chi connectivity index (χ0n) is 15.1. The van der Waals surface area contributed by atoms with E-state index < -0.39 is 0 Å². The Kier molecular flexibility index (Phi) is 3.64. The lowest BCUT2D eigenvalue weighted by Gasteiger charge is -2.14. The summed E-state index contributed by atoms with van der Waals surface area (Å²) >= 11 is 0. The van der Waals surface area contributed by atoms with Gasteiger partial charge in [-0.2, -0.15) is 0 Å². The molecule has 0 aliphatic heterocycles. The minimum atomic E-state index is -0.0599. The molecule has 4 nitrogen and oxygen atoms in total. The molecule has 1 fully saturated rings. The molecule has 2 aromatic carbocycles. The van der Waals surface area contributed by atoms with Crippen molar-refractivity contribution in [3.8, 4) is 17.1 Å². The first kappa shape index (κ1) is 15.9. The third kappa shape index (κ3) is 2.83. The number of hydrogen-bond donors (Lipinski definition) is 0. The molecule has 1 aliphatic rings. The second-order valence-corrected chi connectivity index (χ2v) is 7.15. The largest absolute Gasteiger partial charge is 0.268 e. The first-order chi connectivity index (χ1) is 13.2. The Balaban J connectivity index is 1.77. The van der Waals surface area contributed by atoms with Crippen LogP contribution in [-0.4, -0.2) is 14.5 Å². The van der Waals surface area contributed by atoms with E-state index in [4.69, 9.17) is 4.98 Å². The van der Waals surface area contributed by atoms with Crippen LogP contribution in [0.2, 0.25) is 0 Å². The van der Waals surface area contributed by atoms with Crippen molar-refractivity contribution in [2.45, 2.75) is 25.7 Å². The third-order valence-corrected chi connectivity index (χ3v) is 5.15. The van der Waals surface area contributed by atoms with E-state index in [0.717, 1.165) is 16.9 Å². The molecule has 0 spiro atoms. The van der Waals surface area contributed by atoms with E-state index >= 15 is 0 Å². The highest BCUT2D eigenvalue weighted by atomic mass is 16.1. The average molecular weight is 353 g/mol. The molecule has 5 rings (SSSR count). The number of nitrogens with zero attached hydrogens (tertiary/aromatic N) is 3. The predicted octanol–water partition coefficient (Wildman–Crippen LogP) is 4.63. The Morgan fingerprint density at radius 3 is 2.44 bits per heavy atom. The van der Waals surface area contributed by atoms with Gasteiger partial charge in [-0.25, -0.2) is 4.98 Å². The first-order valence-corrected chi connectivity index (χ1v) is 9.26. The fraction of sp³-hybridized carbons (Fsp3) is 0.174. The SMILES string of the molecule is Cc1ccc(-c2nc3ccccc3c(=O)n2-c2ccc(C3CC3)cc2)cn1. The lowest BCUT2D eigenvalue weighted by atomic mass is 10.1. The van der Waals surface area contributed by atoms with Crippen molar-refractivity contribution in [1.29, 1.82) is 0 Å². The first-order valence-electron chi connectivity index (χ1n) is 9.26. The summed E-state index contributed by atoms with van der Waals surface area (Å²) in [5, 5.41) is 0.618. The highest BCUT2D eigenvalue weighted by molar-refractivity contribution is 5.80. The van der Waals surface area contributed by atoms with Crippen LogP contribution in [0.1, 0.15) is 30.0 Å². The summed E-state index contributed by atoms with van der Waals surface area (Å²) in [6.45, 7) is 1.95. The predicted molar refractivity (Wildman–Crippen MR) is 107 cm³/mol. The van der Waals surface area contributed by atoms with Crippen molar-refractivity contribution in [1.82, 2.24) is 14.5 Å². The van der Waals surface area contributed by atoms with Crippen LogP contribution in [0.15, 0.2) is 71.7 Å². The molecule has 0 N–H and O–H groups in total. The maximum Gasteiger partial charge on any atom is 0.266 e. The molecule has 1 aliphatic carbocycles. The van der Waals surface area contributed by atoms with Gasteiger partial charge in [-0.15, -0.1) is 0 Å². The van der Waals surface area contributed by atoms with Crippen LogP contribution in [0.5, 0.6) is 0 Å². The molecule has 0 amide bonds. The summed E-state index contributed by atoms with van der Waals surface area (Å²) in [6, 6.07) is 19.7. The second-order valence-electron chi connectivity index (χ2n) is 7.15. The number of aryl methyl sites for hydroxylation is 1. The smallest absolute Gasteiger partial charge is 0.266 e. The Labute approximate surface area is 157 Å². The van der Waals surface area contributed by atoms with E-state index in [2.05, 4.69) is 17.1 Å². The molecule has 2 heterocycles. The monoisotopic (exact) mass is 353 g/mol. The molecule has 27 heavy (non-hydrogen) atoms. The molecule has 1 saturated carbocycles. The molecule has 0 radical (unpaired) electrons. The maximum atomic E-state index is 13.3. The van der Waals surface area contributed by atoms with Crippen molar-refractivity contribution < 1.29 is 0 Å². The molecule has 132 valence electrons. The number of fused-ring (bicyclic) bond motifs is 1. The fourth-order valence-electron chi connectivity index (χ4n) is 3.48. The number of pyridine rings is 1. The van der Waals surface area contributed by atoms with Gasteiger partial charge in [-0.05, 0) is 67.6 Å². The van der Waals surface area contributed by atoms with Crippen molar-refractivity contribution >= 4 is 10.9 Å². The summed E-state index contributed by atoms with van der Waals surface area (Å²) in [6.07, 6.45) is 4.30. The lowest BCUT2D eigenvalue weighted by molar-refractivity contribution is 0.969. The number of para-hydroxylation sites is 1. The Hall–Kier alpha value is -3.27. The summed E-state index contributed by atoms with van der Waals surface area (Å²) in [5.41, 5.74) is 4.58. The van der Waals surface area contributed by atoms with Gasteiger partial charge in [0.1, 0.15) is 5.82 Å². The van der Waals surface area contributed by atoms with Gasteiger partial charge in [-0.3, -0.25) is 14.3 Å². The Morgan fingerprint density at radius 2 is 1.74 bits per heavy atom. The van der Waals surface area contributed by atoms with Gasteiger partial charge >= 0.3 is 0 Å². The van der Waals surface area contributed by atoms with Gasteiger partial charge in [0.05, 0.1) is 16.6 Å². The second kappa shape index (κ2) is 6.16. The highest BCUT2D eigenvalue weighted by Gasteiger charge is 2.23. The molecule has 0 unspecified atom stereocenters. The summed E-state index contributed by atoms with van der Waals surface area (Å²) < 4.78 is 1.70. The van der Waals surface area contributed by atoms with E-state index in [0.29, 0.717) is 22.6 Å². The zero-order valence-corrected chi connectivity index (χ0v) is 15.1. The topological polar surface area (TPSA) is 47.8 Å². The minimum Gasteiger partial charge on any atom is -0.268 e. The molecule has 0 atom stereocenters. The van der Waals surface area contributed by atoms with Crippen molar-refractivity contribution in [2.75, 3.05) is 0 Å². The van der Waals surface area contributed by atoms with E-state index in [1.165, 1.54) is 18.4 Å². The Morgan fingerprint density at radius 1 is 0.963 bits per heavy atom. The van der Waals surface area contributed by atoms with Crippen LogP contribution in [0.4, 0.5) is 0 Å². The van der Waals surface area contributed by atoms with Crippen molar-refractivity contribution in [3.05, 3.63) is 88.5 Å². The van der Waals surface area contributed by atoms with E-state index in [-0.39, 0.29) is 5.56 Å². The minimum absolute atomic E-state index is 0.0599. The molecule has 2 aromatic heterocycles. The van der Waals surface area contributed by atoms with Gasteiger partial charge in [0.15, 0.2) is 0 Å². The Bertz CT molecular complexity index is 1190. The van der Waals surface area contributed by atoms with E-state index in [9.17, 15) is 4.79 Å². The third-order valence-electron chi connectivity index (χ3n) is 5.15. The van der Waals surface area contributed by atoms with Crippen LogP contribution in [-0.2, 0) is 0 Å². The van der Waals surface area contributed by atoms with Crippen molar-refractivity contribution in [3.63, 3.8) is 0 Å². The summed E-state index contributed by atoms with van der Waals surface area (Å²) in [5.74, 6) is 1.30. The normalized spacial score (nSPS) is 13.8. The fourth-order valence-corrected chi connectivity index (χ4v) is 3.48. The molecular formula is C23H19N3O. The average Bonchev–Trinajstić information content (AvgIpc) is 3.54. The van der Waals surface area contributed by atoms with Crippen molar-refractivity contribution in [2.24, 2.45) is 0 Å². The van der Waals surface area contributed by atoms with Gasteiger partial charge in [-0.1, -0.05) is 24.3 Å². The quantitative estimate of drug-likeness (QED) is 0.539. The molecule has 4 aromatic rings. The number of rotatable bonds is 3. The zero-order chi connectivity index (χ0) is 18.4. The van der Waals surface area contributed by atoms with E-state index in [1.54, 1.807) is 10.8 Å². The summed E-state index contributed by atoms with van der Waals surface area (Å²) in [4.78, 5) is 22.5. The van der Waals surface area contributed by atoms with Gasteiger partial charge in [0, 0.05) is 17.5 Å². The number of benzene rings is 2. The van der Waals surface area contributed by atoms with Crippen LogP contribution in [0.3, 0.4) is 0 Å². The lowest BCUT2D eigenvalue weighted by Crippen LogP contribution is -2.22. The molecule has 0 saturated heterocycles. The molecule has 0 bridgehead atoms. The van der Waals surface area contributed by atoms with Gasteiger partial charge in [0.2, 0.25) is 0 Å². The van der Waals surface area contributed by atoms with Crippen LogP contribution < -0.4 is 5.56 Å². The number of hydrogen-bond acceptors (Lipinski definition) is 3. The van der Waals surface area contributed by atoms with Gasteiger partial charge < -0.3 is 0 Å². The number of aromatic nitrogens is 3. The van der Waals surface area contributed by atoms with Gasteiger partial charge in [0.25, 0.3) is 5.56 Å². The standard InChI is InChI=1S/C23H19N3O/c1-15-6-7-18(14-24-15)22-25-21-5-3-2-4-20(21)23(27)26(22)19-12-10-17(11-13-19)16-8-9-16/h2-7,10-14,16H,8-9H2,1H3. The molecular weight excluding hydrogens is 334 g/mol. The van der Waals surface area contributed by atoms with Crippen LogP contribution in [0.25, 0.3) is 28.0 Å². The summed E-state index contributed by atoms with van der Waals surface area (Å²) in [7, 11) is 0. The molecule has 4 heteroatoms. The highest BCUT2D eigenvalue weighted by Crippen LogP contribution is 2.40. The van der Waals surface area contributed by atoms with Crippen LogP contribution in [0, 0.1) is 6.92 Å².